The number of carboxylic acids is 2. The quantitative estimate of drug-likeness (QED) is 0.135. The molecule has 0 spiro atoms. The summed E-state index contributed by atoms with van der Waals surface area (Å²) in [5.41, 5.74) is 5.58. The van der Waals surface area contributed by atoms with Crippen LogP contribution in [0.4, 0.5) is 0 Å². The first-order valence-electron chi connectivity index (χ1n) is 10.1. The van der Waals surface area contributed by atoms with Gasteiger partial charge < -0.3 is 42.1 Å². The Morgan fingerprint density at radius 3 is 1.69 bits per heavy atom. The molecule has 6 atom stereocenters. The van der Waals surface area contributed by atoms with E-state index in [2.05, 4.69) is 16.0 Å². The Morgan fingerprint density at radius 1 is 0.781 bits per heavy atom. The van der Waals surface area contributed by atoms with Crippen LogP contribution in [0.5, 0.6) is 0 Å². The summed E-state index contributed by atoms with van der Waals surface area (Å²) in [5, 5.41) is 43.8. The van der Waals surface area contributed by atoms with E-state index in [1.807, 2.05) is 0 Å². The molecule has 0 bridgehead atoms. The number of aliphatic hydroxyl groups excluding tert-OH is 2. The molecule has 0 aromatic rings. The summed E-state index contributed by atoms with van der Waals surface area (Å²) in [6.07, 6.45) is -3.38. The van der Waals surface area contributed by atoms with Crippen molar-refractivity contribution in [2.45, 2.75) is 83.3 Å². The van der Waals surface area contributed by atoms with Crippen LogP contribution in [0.15, 0.2) is 0 Å². The van der Waals surface area contributed by atoms with Crippen LogP contribution < -0.4 is 21.7 Å². The number of aliphatic carboxylic acids is 2. The molecular formula is C19H34N4O9. The normalized spacial score (nSPS) is 16.8. The molecule has 6 unspecified atom stereocenters. The highest BCUT2D eigenvalue weighted by Crippen LogP contribution is 2.08. The lowest BCUT2D eigenvalue weighted by molar-refractivity contribution is -0.145. The molecule has 0 fully saturated rings. The molecule has 13 nitrogen and oxygen atoms in total. The van der Waals surface area contributed by atoms with E-state index in [9.17, 15) is 34.2 Å². The smallest absolute Gasteiger partial charge is 0.328 e. The number of hydrogen-bond acceptors (Lipinski definition) is 8. The van der Waals surface area contributed by atoms with Crippen molar-refractivity contribution < 1.29 is 44.4 Å². The molecule has 0 saturated carbocycles. The molecule has 184 valence electrons. The Labute approximate surface area is 185 Å². The van der Waals surface area contributed by atoms with Gasteiger partial charge in [-0.3, -0.25) is 19.2 Å². The molecule has 0 aromatic heterocycles. The van der Waals surface area contributed by atoms with Crippen molar-refractivity contribution in [1.82, 2.24) is 16.0 Å². The molecule has 0 aliphatic heterocycles. The van der Waals surface area contributed by atoms with Crippen LogP contribution in [0.2, 0.25) is 0 Å². The first-order chi connectivity index (χ1) is 14.7. The summed E-state index contributed by atoms with van der Waals surface area (Å²) in [6.45, 7) is 5.99. The summed E-state index contributed by atoms with van der Waals surface area (Å²) in [5.74, 6) is -5.48. The van der Waals surface area contributed by atoms with Gasteiger partial charge in [0.15, 0.2) is 6.04 Å². The lowest BCUT2D eigenvalue weighted by Crippen LogP contribution is -2.59. The Balaban J connectivity index is 5.58. The van der Waals surface area contributed by atoms with Gasteiger partial charge in [-0.25, -0.2) is 4.79 Å². The van der Waals surface area contributed by atoms with Crippen molar-refractivity contribution in [3.05, 3.63) is 0 Å². The highest BCUT2D eigenvalue weighted by Gasteiger charge is 2.32. The van der Waals surface area contributed by atoms with E-state index in [0.29, 0.717) is 0 Å². The monoisotopic (exact) mass is 462 g/mol. The van der Waals surface area contributed by atoms with Crippen LogP contribution in [0.25, 0.3) is 0 Å². The Morgan fingerprint density at radius 2 is 1.28 bits per heavy atom. The third-order valence-electron chi connectivity index (χ3n) is 4.49. The standard InChI is InChI=1S/C19H34N4O9/c1-8(2)7-12(22-18(30)14(20)9(3)24)17(29)21-11(5-6-13(26)27)16(28)23-15(10(4)25)19(31)32/h8-12,14-15,24-25H,5-7,20H2,1-4H3,(H,21,29)(H,22,30)(H,23,28)(H,26,27)(H,31,32). The number of carboxylic acid groups (broad SMARTS) is 2. The third kappa shape index (κ3) is 10.5. The molecule has 0 rings (SSSR count). The van der Waals surface area contributed by atoms with Gasteiger partial charge in [-0.1, -0.05) is 13.8 Å². The SMILES string of the molecule is CC(C)CC(NC(=O)C(N)C(C)O)C(=O)NC(CCC(=O)O)C(=O)NC(C(=O)O)C(C)O. The second kappa shape index (κ2) is 13.6. The largest absolute Gasteiger partial charge is 0.481 e. The molecule has 0 aliphatic carbocycles. The van der Waals surface area contributed by atoms with Crippen molar-refractivity contribution >= 4 is 29.7 Å². The van der Waals surface area contributed by atoms with Crippen molar-refractivity contribution in [3.63, 3.8) is 0 Å². The number of carbonyl (C=O) groups is 5. The van der Waals surface area contributed by atoms with Gasteiger partial charge in [0.05, 0.1) is 12.2 Å². The molecule has 13 heteroatoms. The van der Waals surface area contributed by atoms with Crippen molar-refractivity contribution in [3.8, 4) is 0 Å². The minimum absolute atomic E-state index is 0.0771. The summed E-state index contributed by atoms with van der Waals surface area (Å²) in [6, 6.07) is -5.58. The van der Waals surface area contributed by atoms with Crippen LogP contribution in [0.1, 0.15) is 47.0 Å². The molecule has 32 heavy (non-hydrogen) atoms. The van der Waals surface area contributed by atoms with E-state index in [4.69, 9.17) is 15.9 Å². The first-order valence-corrected chi connectivity index (χ1v) is 10.1. The minimum Gasteiger partial charge on any atom is -0.481 e. The maximum atomic E-state index is 12.8. The number of nitrogens with one attached hydrogen (secondary N) is 3. The van der Waals surface area contributed by atoms with Crippen LogP contribution in [0.3, 0.4) is 0 Å². The van der Waals surface area contributed by atoms with Gasteiger partial charge >= 0.3 is 11.9 Å². The topological polar surface area (TPSA) is 228 Å². The third-order valence-corrected chi connectivity index (χ3v) is 4.49. The maximum absolute atomic E-state index is 12.8. The fraction of sp³-hybridized carbons (Fsp3) is 0.737. The van der Waals surface area contributed by atoms with Crippen molar-refractivity contribution in [1.29, 1.82) is 0 Å². The fourth-order valence-corrected chi connectivity index (χ4v) is 2.64. The van der Waals surface area contributed by atoms with Crippen LogP contribution >= 0.6 is 0 Å². The number of hydrogen-bond donors (Lipinski definition) is 8. The number of nitrogens with two attached hydrogens (primary N) is 1. The molecule has 3 amide bonds. The first kappa shape index (κ1) is 29.2. The van der Waals surface area contributed by atoms with E-state index >= 15 is 0 Å². The van der Waals surface area contributed by atoms with E-state index in [1.54, 1.807) is 13.8 Å². The highest BCUT2D eigenvalue weighted by atomic mass is 16.4. The van der Waals surface area contributed by atoms with E-state index in [1.165, 1.54) is 6.92 Å². The van der Waals surface area contributed by atoms with Gasteiger partial charge in [-0.15, -0.1) is 0 Å². The van der Waals surface area contributed by atoms with Gasteiger partial charge in [0.25, 0.3) is 0 Å². The zero-order valence-electron chi connectivity index (χ0n) is 18.6. The Bertz CT molecular complexity index is 682. The summed E-state index contributed by atoms with van der Waals surface area (Å²) < 4.78 is 0. The molecule has 0 aromatic carbocycles. The van der Waals surface area contributed by atoms with E-state index in [-0.39, 0.29) is 18.8 Å². The van der Waals surface area contributed by atoms with Crippen LogP contribution in [-0.2, 0) is 24.0 Å². The average Bonchev–Trinajstić information content (AvgIpc) is 2.66. The fourth-order valence-electron chi connectivity index (χ4n) is 2.64. The van der Waals surface area contributed by atoms with Gasteiger partial charge in [0.2, 0.25) is 17.7 Å². The van der Waals surface area contributed by atoms with Gasteiger partial charge in [-0.05, 0) is 32.6 Å². The highest BCUT2D eigenvalue weighted by molar-refractivity contribution is 5.94. The number of carbonyl (C=O) groups excluding carboxylic acids is 3. The number of aliphatic hydroxyl groups is 2. The van der Waals surface area contributed by atoms with E-state index in [0.717, 1.165) is 6.92 Å². The van der Waals surface area contributed by atoms with Gasteiger partial charge in [0.1, 0.15) is 18.1 Å². The lowest BCUT2D eigenvalue weighted by atomic mass is 10.0. The van der Waals surface area contributed by atoms with Gasteiger partial charge in [0, 0.05) is 6.42 Å². The zero-order chi connectivity index (χ0) is 25.2. The van der Waals surface area contributed by atoms with Crippen molar-refractivity contribution in [2.75, 3.05) is 0 Å². The predicted octanol–water partition coefficient (Wildman–Crippen LogP) is -2.47. The Hall–Kier alpha value is -2.77. The molecule has 0 heterocycles. The summed E-state index contributed by atoms with van der Waals surface area (Å²) in [4.78, 5) is 59.7. The zero-order valence-corrected chi connectivity index (χ0v) is 18.6. The summed E-state index contributed by atoms with van der Waals surface area (Å²) in [7, 11) is 0. The second-order valence-electron chi connectivity index (χ2n) is 8.02. The predicted molar refractivity (Wildman–Crippen MR) is 111 cm³/mol. The number of amides is 3. The van der Waals surface area contributed by atoms with Gasteiger partial charge in [-0.2, -0.15) is 0 Å². The lowest BCUT2D eigenvalue weighted by Gasteiger charge is -2.26. The van der Waals surface area contributed by atoms with Crippen molar-refractivity contribution in [2.24, 2.45) is 11.7 Å². The Kier molecular flexibility index (Phi) is 12.4. The maximum Gasteiger partial charge on any atom is 0.328 e. The summed E-state index contributed by atoms with van der Waals surface area (Å²) >= 11 is 0. The number of rotatable bonds is 14. The molecular weight excluding hydrogens is 428 g/mol. The molecule has 9 N–H and O–H groups in total. The van der Waals surface area contributed by atoms with E-state index < -0.39 is 72.5 Å². The average molecular weight is 463 g/mol. The van der Waals surface area contributed by atoms with Crippen LogP contribution in [-0.4, -0.2) is 86.5 Å². The molecule has 0 radical (unpaired) electrons. The molecule has 0 aliphatic rings. The van der Waals surface area contributed by atoms with Crippen LogP contribution in [0, 0.1) is 5.92 Å². The minimum atomic E-state index is -1.68. The molecule has 0 saturated heterocycles. The second-order valence-corrected chi connectivity index (χ2v) is 8.02.